The molecule has 0 saturated carbocycles. The van der Waals surface area contributed by atoms with Crippen LogP contribution in [0.1, 0.15) is 46.5 Å². The Morgan fingerprint density at radius 1 is 1.05 bits per heavy atom. The molecule has 108 valence electrons. The van der Waals surface area contributed by atoms with E-state index in [1.165, 1.54) is 33.6 Å². The average molecular weight is 287 g/mol. The van der Waals surface area contributed by atoms with Crippen molar-refractivity contribution in [3.63, 3.8) is 0 Å². The van der Waals surface area contributed by atoms with E-state index < -0.39 is 0 Å². The minimum absolute atomic E-state index is 0.442. The van der Waals surface area contributed by atoms with Gasteiger partial charge in [0.1, 0.15) is 0 Å². The Hall–Kier alpha value is -1.12. The fraction of sp³-hybridized carbons (Fsp3) is 0.444. The molecule has 20 heavy (non-hydrogen) atoms. The molecule has 0 fully saturated rings. The van der Waals surface area contributed by atoms with E-state index >= 15 is 0 Å². The minimum atomic E-state index is 0.442. The molecule has 0 spiro atoms. The van der Waals surface area contributed by atoms with Crippen LogP contribution in [0.5, 0.6) is 0 Å². The van der Waals surface area contributed by atoms with Crippen molar-refractivity contribution in [3.05, 3.63) is 56.8 Å². The second kappa shape index (κ2) is 7.05. The van der Waals surface area contributed by atoms with Gasteiger partial charge >= 0.3 is 0 Å². The van der Waals surface area contributed by atoms with E-state index in [9.17, 15) is 0 Å². The number of rotatable bonds is 6. The highest BCUT2D eigenvalue weighted by atomic mass is 32.1. The molecular weight excluding hydrogens is 262 g/mol. The third-order valence-electron chi connectivity index (χ3n) is 3.87. The molecule has 0 aliphatic carbocycles. The van der Waals surface area contributed by atoms with E-state index in [-0.39, 0.29) is 0 Å². The van der Waals surface area contributed by atoms with Crippen molar-refractivity contribution in [2.45, 2.75) is 46.6 Å². The normalized spacial score (nSPS) is 12.6. The minimum Gasteiger partial charge on any atom is -0.309 e. The van der Waals surface area contributed by atoms with Crippen molar-refractivity contribution >= 4 is 11.3 Å². The summed E-state index contributed by atoms with van der Waals surface area (Å²) in [4.78, 5) is 1.48. The van der Waals surface area contributed by atoms with Crippen LogP contribution in [0.15, 0.2) is 29.6 Å². The first-order valence-corrected chi connectivity index (χ1v) is 8.33. The first-order chi connectivity index (χ1) is 9.61. The molecule has 0 aliphatic rings. The largest absolute Gasteiger partial charge is 0.309 e. The van der Waals surface area contributed by atoms with Crippen molar-refractivity contribution < 1.29 is 0 Å². The van der Waals surface area contributed by atoms with E-state index in [2.05, 4.69) is 62.7 Å². The first kappa shape index (κ1) is 15.3. The van der Waals surface area contributed by atoms with Crippen LogP contribution < -0.4 is 5.32 Å². The SMILES string of the molecule is CCCNC(Cc1ccc(C)c(C)c1)c1sccc1C. The third kappa shape index (κ3) is 3.71. The highest BCUT2D eigenvalue weighted by Crippen LogP contribution is 2.27. The van der Waals surface area contributed by atoms with Crippen molar-refractivity contribution in [3.8, 4) is 0 Å². The fourth-order valence-corrected chi connectivity index (χ4v) is 3.49. The summed E-state index contributed by atoms with van der Waals surface area (Å²) in [5, 5.41) is 5.91. The molecular formula is C18H25NS. The topological polar surface area (TPSA) is 12.0 Å². The molecule has 1 aromatic heterocycles. The monoisotopic (exact) mass is 287 g/mol. The zero-order valence-electron chi connectivity index (χ0n) is 13.0. The number of nitrogens with one attached hydrogen (secondary N) is 1. The Balaban J connectivity index is 2.19. The number of benzene rings is 1. The Kier molecular flexibility index (Phi) is 5.38. The van der Waals surface area contributed by atoms with Crippen molar-refractivity contribution in [2.75, 3.05) is 6.54 Å². The summed E-state index contributed by atoms with van der Waals surface area (Å²) < 4.78 is 0. The van der Waals surface area contributed by atoms with Gasteiger partial charge in [-0.05, 0) is 73.9 Å². The fourth-order valence-electron chi connectivity index (χ4n) is 2.48. The molecule has 0 saturated heterocycles. The highest BCUT2D eigenvalue weighted by molar-refractivity contribution is 7.10. The van der Waals surface area contributed by atoms with Gasteiger partial charge in [0.2, 0.25) is 0 Å². The molecule has 1 N–H and O–H groups in total. The lowest BCUT2D eigenvalue weighted by Gasteiger charge is -2.19. The Morgan fingerprint density at radius 2 is 1.85 bits per heavy atom. The molecule has 0 aliphatic heterocycles. The van der Waals surface area contributed by atoms with Crippen LogP contribution in [0.2, 0.25) is 0 Å². The first-order valence-electron chi connectivity index (χ1n) is 7.45. The van der Waals surface area contributed by atoms with Crippen molar-refractivity contribution in [1.82, 2.24) is 5.32 Å². The molecule has 1 heterocycles. The van der Waals surface area contributed by atoms with Crippen LogP contribution >= 0.6 is 11.3 Å². The van der Waals surface area contributed by atoms with Crippen molar-refractivity contribution in [1.29, 1.82) is 0 Å². The van der Waals surface area contributed by atoms with Crippen LogP contribution in [0, 0.1) is 20.8 Å². The highest BCUT2D eigenvalue weighted by Gasteiger charge is 2.15. The number of hydrogen-bond acceptors (Lipinski definition) is 2. The summed E-state index contributed by atoms with van der Waals surface area (Å²) in [6.45, 7) is 9.89. The van der Waals surface area contributed by atoms with Crippen LogP contribution in [0.4, 0.5) is 0 Å². The van der Waals surface area contributed by atoms with E-state index in [4.69, 9.17) is 0 Å². The summed E-state index contributed by atoms with van der Waals surface area (Å²) >= 11 is 1.87. The van der Waals surface area contributed by atoms with Gasteiger partial charge in [0.15, 0.2) is 0 Å². The molecule has 1 unspecified atom stereocenters. The van der Waals surface area contributed by atoms with Crippen LogP contribution in [-0.4, -0.2) is 6.54 Å². The average Bonchev–Trinajstić information content (AvgIpc) is 2.85. The quantitative estimate of drug-likeness (QED) is 0.792. The summed E-state index contributed by atoms with van der Waals surface area (Å²) in [7, 11) is 0. The molecule has 1 aromatic carbocycles. The molecule has 2 rings (SSSR count). The Bertz CT molecular complexity index is 556. The summed E-state index contributed by atoms with van der Waals surface area (Å²) in [5.74, 6) is 0. The molecule has 1 atom stereocenters. The molecule has 2 heteroatoms. The van der Waals surface area contributed by atoms with Gasteiger partial charge in [0, 0.05) is 10.9 Å². The number of aryl methyl sites for hydroxylation is 3. The molecule has 0 radical (unpaired) electrons. The van der Waals surface area contributed by atoms with Gasteiger partial charge in [-0.1, -0.05) is 25.1 Å². The van der Waals surface area contributed by atoms with Crippen LogP contribution in [-0.2, 0) is 6.42 Å². The van der Waals surface area contributed by atoms with Crippen LogP contribution in [0.3, 0.4) is 0 Å². The Labute approximate surface area is 127 Å². The van der Waals surface area contributed by atoms with Crippen molar-refractivity contribution in [2.24, 2.45) is 0 Å². The molecule has 0 amide bonds. The summed E-state index contributed by atoms with van der Waals surface area (Å²) in [6.07, 6.45) is 2.25. The summed E-state index contributed by atoms with van der Waals surface area (Å²) in [6, 6.07) is 9.51. The number of hydrogen-bond donors (Lipinski definition) is 1. The number of thiophene rings is 1. The lowest BCUT2D eigenvalue weighted by Crippen LogP contribution is -2.24. The molecule has 2 aromatic rings. The maximum absolute atomic E-state index is 3.71. The van der Waals surface area contributed by atoms with Gasteiger partial charge in [0.05, 0.1) is 0 Å². The molecule has 0 bridgehead atoms. The van der Waals surface area contributed by atoms with Gasteiger partial charge in [-0.25, -0.2) is 0 Å². The lowest BCUT2D eigenvalue weighted by atomic mass is 9.99. The van der Waals surface area contributed by atoms with Gasteiger partial charge in [-0.3, -0.25) is 0 Å². The van der Waals surface area contributed by atoms with E-state index in [0.29, 0.717) is 6.04 Å². The van der Waals surface area contributed by atoms with E-state index in [0.717, 1.165) is 13.0 Å². The second-order valence-electron chi connectivity index (χ2n) is 5.60. The van der Waals surface area contributed by atoms with E-state index in [1.54, 1.807) is 0 Å². The zero-order valence-corrected chi connectivity index (χ0v) is 13.8. The lowest BCUT2D eigenvalue weighted by molar-refractivity contribution is 0.534. The van der Waals surface area contributed by atoms with Gasteiger partial charge in [0.25, 0.3) is 0 Å². The maximum Gasteiger partial charge on any atom is 0.0458 e. The smallest absolute Gasteiger partial charge is 0.0458 e. The summed E-state index contributed by atoms with van der Waals surface area (Å²) in [5.41, 5.74) is 5.60. The maximum atomic E-state index is 3.71. The Morgan fingerprint density at radius 3 is 2.45 bits per heavy atom. The van der Waals surface area contributed by atoms with Gasteiger partial charge in [-0.2, -0.15) is 0 Å². The van der Waals surface area contributed by atoms with Gasteiger partial charge < -0.3 is 5.32 Å². The van der Waals surface area contributed by atoms with Crippen LogP contribution in [0.25, 0.3) is 0 Å². The third-order valence-corrected chi connectivity index (χ3v) is 5.00. The van der Waals surface area contributed by atoms with Gasteiger partial charge in [-0.15, -0.1) is 11.3 Å². The predicted octanol–water partition coefficient (Wildman–Crippen LogP) is 4.96. The molecule has 1 nitrogen and oxygen atoms in total. The standard InChI is InChI=1S/C18H25NS/c1-5-9-19-17(18-14(3)8-10-20-18)12-16-7-6-13(2)15(4)11-16/h6-8,10-11,17,19H,5,9,12H2,1-4H3. The second-order valence-corrected chi connectivity index (χ2v) is 6.55. The zero-order chi connectivity index (χ0) is 14.5. The van der Waals surface area contributed by atoms with E-state index in [1.807, 2.05) is 11.3 Å². The predicted molar refractivity (Wildman–Crippen MR) is 89.7 cm³/mol.